The summed E-state index contributed by atoms with van der Waals surface area (Å²) in [7, 11) is 6.00. The van der Waals surface area contributed by atoms with Crippen molar-refractivity contribution in [3.63, 3.8) is 0 Å². The first-order chi connectivity index (χ1) is 12.3. The molecule has 1 aromatic carbocycles. The summed E-state index contributed by atoms with van der Waals surface area (Å²) < 4.78 is 5.43. The van der Waals surface area contributed by atoms with Crippen LogP contribution >= 0.6 is 0 Å². The van der Waals surface area contributed by atoms with E-state index in [1.54, 1.807) is 7.11 Å². The van der Waals surface area contributed by atoms with Gasteiger partial charge in [-0.15, -0.1) is 0 Å². The average Bonchev–Trinajstić information content (AvgIpc) is 2.63. The molecule has 0 saturated carbocycles. The first-order valence-electron chi connectivity index (χ1n) is 10.2. The Balaban J connectivity index is 1.94. The third-order valence-electron chi connectivity index (χ3n) is 4.85. The standard InChI is InChI=1S/C22H40N2O/c1-23-18-14-10-8-6-4-5-7-9-11-15-19-24(2)20-21-16-12-13-17-22(21)25-3/h12-13,16-17,23H,4-11,14-15,18-20H2,1-3H3. The van der Waals surface area contributed by atoms with Crippen LogP contribution in [0.15, 0.2) is 24.3 Å². The number of methoxy groups -OCH3 is 1. The molecule has 0 aromatic heterocycles. The van der Waals surface area contributed by atoms with Gasteiger partial charge in [0.25, 0.3) is 0 Å². The van der Waals surface area contributed by atoms with E-state index in [9.17, 15) is 0 Å². The Morgan fingerprint density at radius 2 is 1.40 bits per heavy atom. The molecule has 0 aliphatic heterocycles. The topological polar surface area (TPSA) is 24.5 Å². The molecule has 0 bridgehead atoms. The van der Waals surface area contributed by atoms with E-state index in [1.165, 1.54) is 82.9 Å². The fourth-order valence-electron chi connectivity index (χ4n) is 3.30. The molecular weight excluding hydrogens is 308 g/mol. The van der Waals surface area contributed by atoms with Crippen LogP contribution in [0.3, 0.4) is 0 Å². The highest BCUT2D eigenvalue weighted by Gasteiger charge is 2.05. The summed E-state index contributed by atoms with van der Waals surface area (Å²) in [5, 5.41) is 3.22. The highest BCUT2D eigenvalue weighted by Crippen LogP contribution is 2.19. The summed E-state index contributed by atoms with van der Waals surface area (Å²) in [6.45, 7) is 3.31. The van der Waals surface area contributed by atoms with E-state index in [0.717, 1.165) is 12.3 Å². The molecule has 0 atom stereocenters. The minimum Gasteiger partial charge on any atom is -0.496 e. The second-order valence-electron chi connectivity index (χ2n) is 7.19. The SMILES string of the molecule is CNCCCCCCCCCCCCN(C)Cc1ccccc1OC. The van der Waals surface area contributed by atoms with Crippen molar-refractivity contribution < 1.29 is 4.74 Å². The summed E-state index contributed by atoms with van der Waals surface area (Å²) >= 11 is 0. The average molecular weight is 349 g/mol. The molecule has 0 fully saturated rings. The van der Waals surface area contributed by atoms with Crippen molar-refractivity contribution in [1.82, 2.24) is 10.2 Å². The van der Waals surface area contributed by atoms with Gasteiger partial charge in [-0.05, 0) is 46.1 Å². The Bertz CT molecular complexity index is 422. The lowest BCUT2D eigenvalue weighted by atomic mass is 10.1. The van der Waals surface area contributed by atoms with Crippen LogP contribution in [-0.4, -0.2) is 39.2 Å². The zero-order valence-electron chi connectivity index (χ0n) is 16.9. The van der Waals surface area contributed by atoms with Crippen molar-refractivity contribution >= 4 is 0 Å². The maximum atomic E-state index is 5.43. The Morgan fingerprint density at radius 1 is 0.840 bits per heavy atom. The molecule has 0 aliphatic rings. The lowest BCUT2D eigenvalue weighted by Gasteiger charge is -2.18. The number of nitrogens with one attached hydrogen (secondary N) is 1. The fourth-order valence-corrected chi connectivity index (χ4v) is 3.30. The van der Waals surface area contributed by atoms with Gasteiger partial charge in [0.15, 0.2) is 0 Å². The maximum absolute atomic E-state index is 5.43. The highest BCUT2D eigenvalue weighted by atomic mass is 16.5. The molecule has 1 rings (SSSR count). The quantitative estimate of drug-likeness (QED) is 0.413. The molecule has 0 radical (unpaired) electrons. The maximum Gasteiger partial charge on any atom is 0.123 e. The van der Waals surface area contributed by atoms with Gasteiger partial charge in [-0.3, -0.25) is 0 Å². The molecule has 0 amide bonds. The van der Waals surface area contributed by atoms with Gasteiger partial charge in [0, 0.05) is 12.1 Å². The van der Waals surface area contributed by atoms with E-state index in [4.69, 9.17) is 4.74 Å². The molecule has 0 unspecified atom stereocenters. The monoisotopic (exact) mass is 348 g/mol. The Hall–Kier alpha value is -1.06. The van der Waals surface area contributed by atoms with Crippen molar-refractivity contribution in [2.24, 2.45) is 0 Å². The number of hydrogen-bond donors (Lipinski definition) is 1. The van der Waals surface area contributed by atoms with E-state index < -0.39 is 0 Å². The molecule has 1 aromatic rings. The number of ether oxygens (including phenoxy) is 1. The predicted molar refractivity (Wildman–Crippen MR) is 109 cm³/mol. The van der Waals surface area contributed by atoms with E-state index in [-0.39, 0.29) is 0 Å². The van der Waals surface area contributed by atoms with Crippen LogP contribution in [-0.2, 0) is 6.54 Å². The summed E-state index contributed by atoms with van der Waals surface area (Å²) in [5.41, 5.74) is 1.28. The van der Waals surface area contributed by atoms with Crippen LogP contribution in [0.1, 0.15) is 69.8 Å². The second kappa shape index (κ2) is 15.2. The zero-order chi connectivity index (χ0) is 18.2. The van der Waals surface area contributed by atoms with E-state index in [2.05, 4.69) is 29.4 Å². The molecule has 0 spiro atoms. The van der Waals surface area contributed by atoms with Crippen molar-refractivity contribution in [3.05, 3.63) is 29.8 Å². The molecule has 3 heteroatoms. The number of para-hydroxylation sites is 1. The van der Waals surface area contributed by atoms with E-state index in [0.29, 0.717) is 0 Å². The van der Waals surface area contributed by atoms with Crippen LogP contribution in [0.2, 0.25) is 0 Å². The van der Waals surface area contributed by atoms with E-state index in [1.807, 2.05) is 19.2 Å². The van der Waals surface area contributed by atoms with Crippen LogP contribution < -0.4 is 10.1 Å². The second-order valence-corrected chi connectivity index (χ2v) is 7.19. The predicted octanol–water partition coefficient (Wildman–Crippen LogP) is 5.25. The number of hydrogen-bond acceptors (Lipinski definition) is 3. The smallest absolute Gasteiger partial charge is 0.123 e. The summed E-state index contributed by atoms with van der Waals surface area (Å²) in [6.07, 6.45) is 13.9. The zero-order valence-corrected chi connectivity index (χ0v) is 16.9. The molecule has 144 valence electrons. The molecule has 25 heavy (non-hydrogen) atoms. The fraction of sp³-hybridized carbons (Fsp3) is 0.727. The first kappa shape index (κ1) is 22.0. The number of nitrogens with zero attached hydrogens (tertiary/aromatic N) is 1. The molecule has 1 N–H and O–H groups in total. The lowest BCUT2D eigenvalue weighted by Crippen LogP contribution is -2.19. The molecular formula is C22H40N2O. The van der Waals surface area contributed by atoms with Gasteiger partial charge in [0.05, 0.1) is 7.11 Å². The third-order valence-corrected chi connectivity index (χ3v) is 4.85. The minimum atomic E-state index is 0.970. The summed E-state index contributed by atoms with van der Waals surface area (Å²) in [4.78, 5) is 2.41. The number of benzene rings is 1. The first-order valence-corrected chi connectivity index (χ1v) is 10.2. The Morgan fingerprint density at radius 3 is 2.00 bits per heavy atom. The van der Waals surface area contributed by atoms with Crippen LogP contribution in [0.25, 0.3) is 0 Å². The minimum absolute atomic E-state index is 0.970. The Labute approximate surface area is 156 Å². The van der Waals surface area contributed by atoms with Crippen molar-refractivity contribution in [2.45, 2.75) is 70.8 Å². The number of rotatable bonds is 16. The van der Waals surface area contributed by atoms with Gasteiger partial charge < -0.3 is 15.0 Å². The normalized spacial score (nSPS) is 11.2. The molecule has 0 aliphatic carbocycles. The van der Waals surface area contributed by atoms with Crippen LogP contribution in [0.5, 0.6) is 5.75 Å². The van der Waals surface area contributed by atoms with Crippen molar-refractivity contribution in [3.8, 4) is 5.75 Å². The highest BCUT2D eigenvalue weighted by molar-refractivity contribution is 5.32. The number of unbranched alkanes of at least 4 members (excludes halogenated alkanes) is 9. The van der Waals surface area contributed by atoms with Gasteiger partial charge >= 0.3 is 0 Å². The van der Waals surface area contributed by atoms with Gasteiger partial charge in [-0.1, -0.05) is 69.6 Å². The molecule has 0 heterocycles. The van der Waals surface area contributed by atoms with Crippen LogP contribution in [0.4, 0.5) is 0 Å². The van der Waals surface area contributed by atoms with Gasteiger partial charge in [-0.2, -0.15) is 0 Å². The van der Waals surface area contributed by atoms with Crippen molar-refractivity contribution in [2.75, 3.05) is 34.3 Å². The third kappa shape index (κ3) is 11.2. The summed E-state index contributed by atoms with van der Waals surface area (Å²) in [6, 6.07) is 8.33. The van der Waals surface area contributed by atoms with Crippen LogP contribution in [0, 0.1) is 0 Å². The van der Waals surface area contributed by atoms with Gasteiger partial charge in [0.1, 0.15) is 5.75 Å². The van der Waals surface area contributed by atoms with Gasteiger partial charge in [0.2, 0.25) is 0 Å². The largest absolute Gasteiger partial charge is 0.496 e. The van der Waals surface area contributed by atoms with E-state index >= 15 is 0 Å². The van der Waals surface area contributed by atoms with Crippen molar-refractivity contribution in [1.29, 1.82) is 0 Å². The lowest BCUT2D eigenvalue weighted by molar-refractivity contribution is 0.308. The van der Waals surface area contributed by atoms with Gasteiger partial charge in [-0.25, -0.2) is 0 Å². The summed E-state index contributed by atoms with van der Waals surface area (Å²) in [5.74, 6) is 1.00. The Kier molecular flexibility index (Phi) is 13.4. The molecule has 3 nitrogen and oxygen atoms in total. The molecule has 0 saturated heterocycles.